The van der Waals surface area contributed by atoms with Gasteiger partial charge in [-0.3, -0.25) is 14.2 Å². The number of aryl methyl sites for hydroxylation is 1. The Labute approximate surface area is 266 Å². The summed E-state index contributed by atoms with van der Waals surface area (Å²) < 4.78 is 13.4. The first-order valence-corrected chi connectivity index (χ1v) is 15.6. The second-order valence-corrected chi connectivity index (χ2v) is 11.7. The molecule has 0 amide bonds. The molecule has 1 aromatic heterocycles. The van der Waals surface area contributed by atoms with Gasteiger partial charge in [-0.1, -0.05) is 90.6 Å². The summed E-state index contributed by atoms with van der Waals surface area (Å²) in [5.41, 5.74) is 5.97. The fraction of sp³-hybridized carbons (Fsp3) is 0.132. The van der Waals surface area contributed by atoms with Gasteiger partial charge in [0.1, 0.15) is 24.7 Å². The fourth-order valence-corrected chi connectivity index (χ4v) is 5.87. The first-order valence-electron chi connectivity index (χ1n) is 14.7. The molecule has 0 aliphatic rings. The first kappa shape index (κ1) is 29.9. The van der Waals surface area contributed by atoms with Gasteiger partial charge in [0, 0.05) is 23.9 Å². The van der Waals surface area contributed by atoms with Crippen molar-refractivity contribution < 1.29 is 14.3 Å². The van der Waals surface area contributed by atoms with Crippen molar-refractivity contribution in [3.05, 3.63) is 165 Å². The lowest BCUT2D eigenvalue weighted by molar-refractivity contribution is 0.103. The summed E-state index contributed by atoms with van der Waals surface area (Å²) in [7, 11) is 1.75. The van der Waals surface area contributed by atoms with Crippen molar-refractivity contribution in [2.75, 3.05) is 0 Å². The average molecular weight is 613 g/mol. The molecular weight excluding hydrogens is 580 g/mol. The van der Waals surface area contributed by atoms with E-state index < -0.39 is 0 Å². The van der Waals surface area contributed by atoms with Gasteiger partial charge in [0.25, 0.3) is 5.56 Å². The predicted octanol–water partition coefficient (Wildman–Crippen LogP) is 7.92. The average Bonchev–Trinajstić information content (AvgIpc) is 3.08. The highest BCUT2D eigenvalue weighted by Gasteiger charge is 2.12. The molecule has 0 bridgehead atoms. The molecule has 0 unspecified atom stereocenters. The van der Waals surface area contributed by atoms with E-state index in [0.717, 1.165) is 28.0 Å². The van der Waals surface area contributed by atoms with Crippen LogP contribution in [-0.2, 0) is 26.0 Å². The number of ketones is 1. The van der Waals surface area contributed by atoms with Crippen LogP contribution in [0.5, 0.6) is 11.5 Å². The SMILES string of the molecule is Cc1cccc2nc(SCc3ccc(C(=O)c4ccc(OCc5ccc(OCc6ccccc6)cc5)cc4)cc3)n(C)c(=O)c12. The van der Waals surface area contributed by atoms with Gasteiger partial charge in [-0.2, -0.15) is 0 Å². The number of thioether (sulfide) groups is 1. The van der Waals surface area contributed by atoms with Gasteiger partial charge >= 0.3 is 0 Å². The summed E-state index contributed by atoms with van der Waals surface area (Å²) in [6.45, 7) is 2.86. The van der Waals surface area contributed by atoms with E-state index in [1.165, 1.54) is 11.8 Å². The van der Waals surface area contributed by atoms with Crippen molar-refractivity contribution >= 4 is 28.4 Å². The zero-order valence-electron chi connectivity index (χ0n) is 25.1. The monoisotopic (exact) mass is 612 g/mol. The molecule has 0 saturated heterocycles. The van der Waals surface area contributed by atoms with Crippen LogP contribution in [0.3, 0.4) is 0 Å². The van der Waals surface area contributed by atoms with Crippen molar-refractivity contribution in [3.63, 3.8) is 0 Å². The lowest BCUT2D eigenvalue weighted by Crippen LogP contribution is -2.20. The van der Waals surface area contributed by atoms with Gasteiger partial charge in [-0.15, -0.1) is 0 Å². The van der Waals surface area contributed by atoms with Gasteiger partial charge in [0.2, 0.25) is 0 Å². The normalized spacial score (nSPS) is 11.0. The van der Waals surface area contributed by atoms with Gasteiger partial charge in [-0.25, -0.2) is 4.98 Å². The van der Waals surface area contributed by atoms with Crippen molar-refractivity contribution in [2.24, 2.45) is 7.05 Å². The highest BCUT2D eigenvalue weighted by Crippen LogP contribution is 2.24. The number of rotatable bonds is 11. The summed E-state index contributed by atoms with van der Waals surface area (Å²) in [6, 6.07) is 38.4. The maximum atomic E-state index is 13.1. The molecule has 0 fully saturated rings. The largest absolute Gasteiger partial charge is 0.489 e. The maximum Gasteiger partial charge on any atom is 0.262 e. The summed E-state index contributed by atoms with van der Waals surface area (Å²) in [6.07, 6.45) is 0. The summed E-state index contributed by atoms with van der Waals surface area (Å²) >= 11 is 1.50. The van der Waals surface area contributed by atoms with Crippen LogP contribution >= 0.6 is 11.8 Å². The van der Waals surface area contributed by atoms with E-state index in [1.807, 2.05) is 116 Å². The zero-order chi connectivity index (χ0) is 31.2. The molecule has 0 saturated carbocycles. The van der Waals surface area contributed by atoms with E-state index >= 15 is 0 Å². The molecule has 224 valence electrons. The third-order valence-corrected chi connectivity index (χ3v) is 8.65. The minimum atomic E-state index is -0.0548. The summed E-state index contributed by atoms with van der Waals surface area (Å²) in [5.74, 6) is 2.07. The highest BCUT2D eigenvalue weighted by atomic mass is 32.2. The highest BCUT2D eigenvalue weighted by molar-refractivity contribution is 7.98. The molecule has 0 aliphatic carbocycles. The Morgan fingerprint density at radius 2 is 1.24 bits per heavy atom. The third kappa shape index (κ3) is 7.16. The maximum absolute atomic E-state index is 13.1. The number of aromatic nitrogens is 2. The molecule has 5 aromatic carbocycles. The third-order valence-electron chi connectivity index (χ3n) is 7.55. The Balaban J connectivity index is 1.01. The number of benzene rings is 5. The first-order chi connectivity index (χ1) is 21.9. The Kier molecular flexibility index (Phi) is 9.08. The van der Waals surface area contributed by atoms with Gasteiger partial charge in [0.15, 0.2) is 10.9 Å². The van der Waals surface area contributed by atoms with Crippen molar-refractivity contribution in [3.8, 4) is 11.5 Å². The molecule has 0 N–H and O–H groups in total. The minimum Gasteiger partial charge on any atom is -0.489 e. The molecular formula is C38H32N2O4S. The van der Waals surface area contributed by atoms with Gasteiger partial charge in [0.05, 0.1) is 10.9 Å². The van der Waals surface area contributed by atoms with E-state index in [-0.39, 0.29) is 11.3 Å². The van der Waals surface area contributed by atoms with Crippen LogP contribution in [0, 0.1) is 6.92 Å². The van der Waals surface area contributed by atoms with Crippen LogP contribution in [0.4, 0.5) is 0 Å². The Morgan fingerprint density at radius 1 is 0.689 bits per heavy atom. The molecule has 0 aliphatic heterocycles. The molecule has 1 heterocycles. The topological polar surface area (TPSA) is 70.4 Å². The van der Waals surface area contributed by atoms with Gasteiger partial charge in [-0.05, 0) is 71.6 Å². The van der Waals surface area contributed by atoms with Crippen LogP contribution in [0.15, 0.2) is 131 Å². The molecule has 0 atom stereocenters. The molecule has 7 heteroatoms. The Hall–Kier alpha value is -5.14. The number of hydrogen-bond acceptors (Lipinski definition) is 6. The van der Waals surface area contributed by atoms with E-state index in [0.29, 0.717) is 51.9 Å². The smallest absolute Gasteiger partial charge is 0.262 e. The molecule has 6 aromatic rings. The Bertz CT molecular complexity index is 1990. The van der Waals surface area contributed by atoms with E-state index in [9.17, 15) is 9.59 Å². The predicted molar refractivity (Wildman–Crippen MR) is 179 cm³/mol. The number of ether oxygens (including phenoxy) is 2. The number of nitrogens with zero attached hydrogens (tertiary/aromatic N) is 2. The molecule has 0 spiro atoms. The van der Waals surface area contributed by atoms with Gasteiger partial charge < -0.3 is 9.47 Å². The summed E-state index contributed by atoms with van der Waals surface area (Å²) in [5, 5.41) is 1.31. The molecule has 6 nitrogen and oxygen atoms in total. The van der Waals surface area contributed by atoms with Crippen LogP contribution < -0.4 is 15.0 Å². The number of carbonyl (C=O) groups excluding carboxylic acids is 1. The quantitative estimate of drug-likeness (QED) is 0.0841. The second kappa shape index (κ2) is 13.7. The van der Waals surface area contributed by atoms with Crippen molar-refractivity contribution in [1.82, 2.24) is 9.55 Å². The lowest BCUT2D eigenvalue weighted by atomic mass is 10.0. The second-order valence-electron chi connectivity index (χ2n) is 10.8. The van der Waals surface area contributed by atoms with E-state index in [1.54, 1.807) is 23.7 Å². The molecule has 6 rings (SSSR count). The molecule has 0 radical (unpaired) electrons. The minimum absolute atomic E-state index is 0.0446. The van der Waals surface area contributed by atoms with Crippen LogP contribution in [-0.4, -0.2) is 15.3 Å². The fourth-order valence-electron chi connectivity index (χ4n) is 4.94. The van der Waals surface area contributed by atoms with E-state index in [2.05, 4.69) is 0 Å². The Morgan fingerprint density at radius 3 is 1.89 bits per heavy atom. The van der Waals surface area contributed by atoms with E-state index in [4.69, 9.17) is 14.5 Å². The number of fused-ring (bicyclic) bond motifs is 1. The van der Waals surface area contributed by atoms with Crippen LogP contribution in [0.25, 0.3) is 10.9 Å². The molecule has 45 heavy (non-hydrogen) atoms. The van der Waals surface area contributed by atoms with Crippen LogP contribution in [0.1, 0.15) is 38.2 Å². The van der Waals surface area contributed by atoms with Crippen LogP contribution in [0.2, 0.25) is 0 Å². The number of carbonyl (C=O) groups is 1. The standard InChI is InChI=1S/C38H32N2O4S/c1-26-7-6-10-34-35(26)37(42)40(2)38(39-34)45-25-29-11-15-30(16-12-29)36(41)31-17-21-33(22-18-31)44-24-28-13-19-32(20-14-28)43-23-27-8-4-3-5-9-27/h3-22H,23-25H2,1-2H3. The van der Waals surface area contributed by atoms with Crippen molar-refractivity contribution in [2.45, 2.75) is 31.0 Å². The lowest BCUT2D eigenvalue weighted by Gasteiger charge is -2.10. The zero-order valence-corrected chi connectivity index (χ0v) is 25.9. The number of hydrogen-bond donors (Lipinski definition) is 0. The summed E-state index contributed by atoms with van der Waals surface area (Å²) in [4.78, 5) is 30.7. The van der Waals surface area contributed by atoms with Crippen molar-refractivity contribution in [1.29, 1.82) is 0 Å².